The second-order valence-electron chi connectivity index (χ2n) is 24.1. The van der Waals surface area contributed by atoms with E-state index in [4.69, 9.17) is 14.2 Å². The van der Waals surface area contributed by atoms with E-state index in [-0.39, 0.29) is 31.1 Å². The Kier molecular flexibility index (Phi) is 68.2. The molecule has 0 aliphatic rings. The Morgan fingerprint density at radius 1 is 0.253 bits per heavy atom. The van der Waals surface area contributed by atoms with Crippen LogP contribution >= 0.6 is 0 Å². The van der Waals surface area contributed by atoms with Crippen molar-refractivity contribution >= 4 is 17.9 Å². The lowest BCUT2D eigenvalue weighted by atomic mass is 10.0. The first kappa shape index (κ1) is 79.6. The minimum Gasteiger partial charge on any atom is -0.462 e. The molecular formula is C77H136O6. The zero-order chi connectivity index (χ0) is 59.9. The van der Waals surface area contributed by atoms with E-state index >= 15 is 0 Å². The van der Waals surface area contributed by atoms with Crippen LogP contribution in [-0.2, 0) is 28.6 Å². The summed E-state index contributed by atoms with van der Waals surface area (Å²) in [6, 6.07) is 0. The highest BCUT2D eigenvalue weighted by atomic mass is 16.6. The fraction of sp³-hybridized carbons (Fsp3) is 0.779. The van der Waals surface area contributed by atoms with Gasteiger partial charge in [0.1, 0.15) is 13.2 Å². The van der Waals surface area contributed by atoms with E-state index in [1.807, 2.05) is 0 Å². The summed E-state index contributed by atoms with van der Waals surface area (Å²) >= 11 is 0. The van der Waals surface area contributed by atoms with Gasteiger partial charge in [-0.2, -0.15) is 0 Å². The summed E-state index contributed by atoms with van der Waals surface area (Å²) in [5, 5.41) is 0. The van der Waals surface area contributed by atoms with Crippen LogP contribution in [0.4, 0.5) is 0 Å². The van der Waals surface area contributed by atoms with Gasteiger partial charge in [0.15, 0.2) is 6.10 Å². The Hall–Kier alpha value is -3.41. The minimum absolute atomic E-state index is 0.0736. The Morgan fingerprint density at radius 2 is 0.470 bits per heavy atom. The maximum Gasteiger partial charge on any atom is 0.306 e. The molecule has 1 unspecified atom stereocenters. The van der Waals surface area contributed by atoms with Crippen LogP contribution in [-0.4, -0.2) is 37.2 Å². The molecule has 0 aromatic heterocycles. The molecule has 0 N–H and O–H groups in total. The van der Waals surface area contributed by atoms with Crippen molar-refractivity contribution in [1.29, 1.82) is 0 Å². The lowest BCUT2D eigenvalue weighted by Crippen LogP contribution is -2.30. The highest BCUT2D eigenvalue weighted by molar-refractivity contribution is 5.71. The molecule has 0 aromatic rings. The third-order valence-electron chi connectivity index (χ3n) is 15.9. The first-order valence-electron chi connectivity index (χ1n) is 36.1. The van der Waals surface area contributed by atoms with Crippen molar-refractivity contribution < 1.29 is 28.6 Å². The van der Waals surface area contributed by atoms with Gasteiger partial charge in [-0.1, -0.05) is 337 Å². The third kappa shape index (κ3) is 69.3. The van der Waals surface area contributed by atoms with Crippen LogP contribution in [0.3, 0.4) is 0 Å². The number of ether oxygens (including phenoxy) is 3. The lowest BCUT2D eigenvalue weighted by Gasteiger charge is -2.18. The molecule has 0 saturated carbocycles. The molecule has 6 heteroatoms. The number of carbonyl (C=O) groups excluding carboxylic acids is 3. The molecule has 0 heterocycles. The SMILES string of the molecule is CC/C=C\C/C=C\C/C=C\C/C=C\C/C=C\C/C=C\CCCCCCCCCCCCC(=O)OCC(COC(=O)CCCCCCCCCCCCCCCCCCC)OC(=O)CCCCCCCCCCC/C=C\CCCCCCCC. The van der Waals surface area contributed by atoms with Crippen molar-refractivity contribution in [2.45, 2.75) is 374 Å². The van der Waals surface area contributed by atoms with E-state index in [9.17, 15) is 14.4 Å². The monoisotopic (exact) mass is 1160 g/mol. The Morgan fingerprint density at radius 3 is 0.747 bits per heavy atom. The quantitative estimate of drug-likeness (QED) is 0.0261. The van der Waals surface area contributed by atoms with Crippen LogP contribution in [0.1, 0.15) is 367 Å². The zero-order valence-electron chi connectivity index (χ0n) is 55.2. The van der Waals surface area contributed by atoms with Crippen molar-refractivity contribution in [2.75, 3.05) is 13.2 Å². The summed E-state index contributed by atoms with van der Waals surface area (Å²) in [5.41, 5.74) is 0. The molecule has 0 bridgehead atoms. The number of hydrogen-bond donors (Lipinski definition) is 0. The molecule has 0 spiro atoms. The standard InChI is InChI=1S/C77H136O6/c1-4-7-10-13-16-19-22-25-28-31-33-34-35-36-37-38-39-40-41-42-44-46-49-52-55-58-61-64-67-70-76(79)82-73-74(72-81-75(78)69-66-63-60-57-54-51-48-45-30-27-24-21-18-15-12-9-6-3)83-77(80)71-68-65-62-59-56-53-50-47-43-32-29-26-23-20-17-14-11-8-5-2/h7,10,16,19,25-26,28-29,33-34,36-37,39-40,74H,4-6,8-9,11-15,17-18,20-24,27,30-32,35,38,41-73H2,1-3H3/b10-7-,19-16-,28-25-,29-26-,34-33-,37-36-,40-39-. The maximum absolute atomic E-state index is 13.0. The number of esters is 3. The summed E-state index contributed by atoms with van der Waals surface area (Å²) in [5.74, 6) is -0.858. The largest absolute Gasteiger partial charge is 0.462 e. The van der Waals surface area contributed by atoms with Gasteiger partial charge >= 0.3 is 17.9 Å². The van der Waals surface area contributed by atoms with E-state index in [1.54, 1.807) is 0 Å². The number of rotatable bonds is 66. The Bertz CT molecular complexity index is 1570. The predicted molar refractivity (Wildman–Crippen MR) is 362 cm³/mol. The fourth-order valence-electron chi connectivity index (χ4n) is 10.5. The third-order valence-corrected chi connectivity index (χ3v) is 15.9. The van der Waals surface area contributed by atoms with Gasteiger partial charge in [-0.15, -0.1) is 0 Å². The zero-order valence-corrected chi connectivity index (χ0v) is 55.2. The fourth-order valence-corrected chi connectivity index (χ4v) is 10.5. The van der Waals surface area contributed by atoms with Crippen LogP contribution in [0.2, 0.25) is 0 Å². The number of allylic oxidation sites excluding steroid dienone is 14. The van der Waals surface area contributed by atoms with Gasteiger partial charge in [-0.25, -0.2) is 0 Å². The van der Waals surface area contributed by atoms with Crippen molar-refractivity contribution in [3.63, 3.8) is 0 Å². The van der Waals surface area contributed by atoms with Gasteiger partial charge in [0.05, 0.1) is 0 Å². The summed E-state index contributed by atoms with van der Waals surface area (Å²) in [7, 11) is 0. The van der Waals surface area contributed by atoms with Crippen LogP contribution in [0, 0.1) is 0 Å². The number of carbonyl (C=O) groups is 3. The molecule has 6 nitrogen and oxygen atoms in total. The van der Waals surface area contributed by atoms with E-state index in [1.165, 1.54) is 231 Å². The second kappa shape index (κ2) is 71.1. The summed E-state index contributed by atoms with van der Waals surface area (Å²) in [6.45, 7) is 6.58. The average molecular weight is 1160 g/mol. The molecule has 0 aliphatic carbocycles. The highest BCUT2D eigenvalue weighted by Gasteiger charge is 2.19. The molecule has 1 atom stereocenters. The van der Waals surface area contributed by atoms with Crippen LogP contribution in [0.5, 0.6) is 0 Å². The van der Waals surface area contributed by atoms with Gasteiger partial charge in [0.25, 0.3) is 0 Å². The van der Waals surface area contributed by atoms with E-state index in [0.29, 0.717) is 19.3 Å². The number of unbranched alkanes of at least 4 members (excludes halogenated alkanes) is 41. The van der Waals surface area contributed by atoms with Crippen LogP contribution < -0.4 is 0 Å². The van der Waals surface area contributed by atoms with Gasteiger partial charge < -0.3 is 14.2 Å². The van der Waals surface area contributed by atoms with Crippen LogP contribution in [0.15, 0.2) is 85.1 Å². The molecule has 0 rings (SSSR count). The Labute approximate surface area is 515 Å². The molecule has 83 heavy (non-hydrogen) atoms. The van der Waals surface area contributed by atoms with Crippen molar-refractivity contribution in [3.05, 3.63) is 85.1 Å². The van der Waals surface area contributed by atoms with Gasteiger partial charge in [0, 0.05) is 19.3 Å². The first-order chi connectivity index (χ1) is 41.0. The smallest absolute Gasteiger partial charge is 0.306 e. The van der Waals surface area contributed by atoms with E-state index in [0.717, 1.165) is 96.3 Å². The minimum atomic E-state index is -0.779. The molecular weight excluding hydrogens is 1020 g/mol. The van der Waals surface area contributed by atoms with Crippen LogP contribution in [0.25, 0.3) is 0 Å². The average Bonchev–Trinajstić information content (AvgIpc) is 3.49. The van der Waals surface area contributed by atoms with E-state index < -0.39 is 6.10 Å². The summed E-state index contributed by atoms with van der Waals surface area (Å²) < 4.78 is 17.0. The molecule has 0 aliphatic heterocycles. The maximum atomic E-state index is 13.0. The van der Waals surface area contributed by atoms with Crippen molar-refractivity contribution in [2.24, 2.45) is 0 Å². The van der Waals surface area contributed by atoms with Crippen molar-refractivity contribution in [1.82, 2.24) is 0 Å². The molecule has 0 amide bonds. The van der Waals surface area contributed by atoms with Gasteiger partial charge in [-0.05, 0) is 96.3 Å². The highest BCUT2D eigenvalue weighted by Crippen LogP contribution is 2.18. The summed E-state index contributed by atoms with van der Waals surface area (Å²) in [6.07, 6.45) is 94.6. The molecule has 0 fully saturated rings. The van der Waals surface area contributed by atoms with Gasteiger partial charge in [0.2, 0.25) is 0 Å². The Balaban J connectivity index is 4.31. The predicted octanol–water partition coefficient (Wildman–Crippen LogP) is 25.0. The molecule has 480 valence electrons. The normalized spacial score (nSPS) is 12.6. The molecule has 0 aromatic carbocycles. The summed E-state index contributed by atoms with van der Waals surface area (Å²) in [4.78, 5) is 38.5. The van der Waals surface area contributed by atoms with E-state index in [2.05, 4.69) is 106 Å². The van der Waals surface area contributed by atoms with Gasteiger partial charge in [-0.3, -0.25) is 14.4 Å². The molecule has 0 saturated heterocycles. The molecule has 0 radical (unpaired) electrons. The lowest BCUT2D eigenvalue weighted by molar-refractivity contribution is -0.167. The number of hydrogen-bond acceptors (Lipinski definition) is 6. The van der Waals surface area contributed by atoms with Crippen molar-refractivity contribution in [3.8, 4) is 0 Å². The first-order valence-corrected chi connectivity index (χ1v) is 36.1. The topological polar surface area (TPSA) is 78.9 Å². The second-order valence-corrected chi connectivity index (χ2v) is 24.1.